The normalized spacial score (nSPS) is 20.4. The number of sulfonamides is 1. The Bertz CT molecular complexity index is 1060. The summed E-state index contributed by atoms with van der Waals surface area (Å²) in [6.45, 7) is 5.38. The molecule has 2 aliphatic rings. The van der Waals surface area contributed by atoms with E-state index in [0.29, 0.717) is 45.9 Å². The first-order valence-electron chi connectivity index (χ1n) is 10.9. The summed E-state index contributed by atoms with van der Waals surface area (Å²) >= 11 is 6.31. The monoisotopic (exact) mass is 477 g/mol. The first kappa shape index (κ1) is 23.0. The topological polar surface area (TPSA) is 70.2 Å². The Morgan fingerprint density at radius 1 is 1.06 bits per heavy atom. The number of hydrogen-bond donors (Lipinski definition) is 0. The van der Waals surface area contributed by atoms with Crippen LogP contribution < -0.4 is 4.90 Å². The Morgan fingerprint density at radius 3 is 2.47 bits per heavy atom. The fourth-order valence-electron chi connectivity index (χ4n) is 4.12. The van der Waals surface area contributed by atoms with Gasteiger partial charge in [0.25, 0.3) is 5.91 Å². The third-order valence-electron chi connectivity index (χ3n) is 6.05. The first-order valence-corrected chi connectivity index (χ1v) is 12.7. The average molecular weight is 478 g/mol. The molecule has 0 bridgehead atoms. The smallest absolute Gasteiger partial charge is 0.255 e. The standard InChI is InChI=1S/C23H28ClN3O4S/c1-2-19-17-26(14-15-31-19)23(28)21-16-20(8-9-22(21)24)32(29,30)27-12-10-25(11-13-27)18-6-4-3-5-7-18/h3-9,16,19H,2,10-15,17H2,1H3/t19-/m0/s1. The quantitative estimate of drug-likeness (QED) is 0.661. The van der Waals surface area contributed by atoms with Crippen LogP contribution in [0, 0.1) is 0 Å². The van der Waals surface area contributed by atoms with Crippen molar-refractivity contribution in [1.82, 2.24) is 9.21 Å². The molecule has 2 heterocycles. The third kappa shape index (κ3) is 4.78. The highest BCUT2D eigenvalue weighted by atomic mass is 35.5. The maximum Gasteiger partial charge on any atom is 0.255 e. The van der Waals surface area contributed by atoms with Crippen molar-refractivity contribution in [2.24, 2.45) is 0 Å². The van der Waals surface area contributed by atoms with Gasteiger partial charge in [-0.1, -0.05) is 36.7 Å². The van der Waals surface area contributed by atoms with E-state index >= 15 is 0 Å². The molecule has 9 heteroatoms. The fraction of sp³-hybridized carbons (Fsp3) is 0.435. The van der Waals surface area contributed by atoms with Crippen LogP contribution in [0.2, 0.25) is 5.02 Å². The van der Waals surface area contributed by atoms with Crippen LogP contribution in [-0.2, 0) is 14.8 Å². The number of rotatable bonds is 5. The van der Waals surface area contributed by atoms with E-state index in [1.165, 1.54) is 22.5 Å². The summed E-state index contributed by atoms with van der Waals surface area (Å²) in [6.07, 6.45) is 0.792. The molecule has 1 amide bonds. The number of amides is 1. The van der Waals surface area contributed by atoms with Gasteiger partial charge in [0.1, 0.15) is 0 Å². The summed E-state index contributed by atoms with van der Waals surface area (Å²) in [5, 5.41) is 0.252. The minimum absolute atomic E-state index is 0.0145. The van der Waals surface area contributed by atoms with Crippen LogP contribution in [0.15, 0.2) is 53.4 Å². The Balaban J connectivity index is 1.50. The van der Waals surface area contributed by atoms with E-state index in [2.05, 4.69) is 4.90 Å². The van der Waals surface area contributed by atoms with Crippen LogP contribution in [0.4, 0.5) is 5.69 Å². The number of benzene rings is 2. The van der Waals surface area contributed by atoms with E-state index < -0.39 is 10.0 Å². The largest absolute Gasteiger partial charge is 0.375 e. The van der Waals surface area contributed by atoms with Gasteiger partial charge in [-0.05, 0) is 36.8 Å². The molecule has 4 rings (SSSR count). The molecule has 1 atom stereocenters. The predicted octanol–water partition coefficient (Wildman–Crippen LogP) is 3.10. The van der Waals surface area contributed by atoms with Crippen molar-refractivity contribution in [3.8, 4) is 0 Å². The van der Waals surface area contributed by atoms with Gasteiger partial charge in [0, 0.05) is 45.0 Å². The number of carbonyl (C=O) groups excluding carboxylic acids is 1. The Hall–Kier alpha value is -2.13. The molecule has 0 saturated carbocycles. The second kappa shape index (κ2) is 9.79. The SMILES string of the molecule is CC[C@H]1CN(C(=O)c2cc(S(=O)(=O)N3CCN(c4ccccc4)CC3)ccc2Cl)CCO1. The van der Waals surface area contributed by atoms with Crippen molar-refractivity contribution in [2.75, 3.05) is 50.8 Å². The molecule has 2 aromatic rings. The van der Waals surface area contributed by atoms with Gasteiger partial charge in [0.2, 0.25) is 10.0 Å². The minimum atomic E-state index is -3.73. The summed E-state index contributed by atoms with van der Waals surface area (Å²) in [6, 6.07) is 14.4. The van der Waals surface area contributed by atoms with Gasteiger partial charge in [-0.3, -0.25) is 4.79 Å². The second-order valence-corrected chi connectivity index (χ2v) is 10.4. The van der Waals surface area contributed by atoms with Crippen molar-refractivity contribution >= 4 is 33.2 Å². The van der Waals surface area contributed by atoms with E-state index in [0.717, 1.165) is 12.1 Å². The number of hydrogen-bond acceptors (Lipinski definition) is 5. The number of ether oxygens (including phenoxy) is 1. The van der Waals surface area contributed by atoms with Gasteiger partial charge in [0.15, 0.2) is 0 Å². The van der Waals surface area contributed by atoms with Crippen molar-refractivity contribution in [2.45, 2.75) is 24.3 Å². The second-order valence-electron chi connectivity index (χ2n) is 8.02. The van der Waals surface area contributed by atoms with Crippen LogP contribution in [0.3, 0.4) is 0 Å². The van der Waals surface area contributed by atoms with Crippen LogP contribution in [0.1, 0.15) is 23.7 Å². The molecule has 0 aromatic heterocycles. The maximum atomic E-state index is 13.3. The van der Waals surface area contributed by atoms with Crippen molar-refractivity contribution < 1.29 is 17.9 Å². The molecular formula is C23H28ClN3O4S. The van der Waals surface area contributed by atoms with Gasteiger partial charge in [0.05, 0.1) is 28.2 Å². The van der Waals surface area contributed by atoms with Crippen LogP contribution in [-0.4, -0.2) is 75.5 Å². The van der Waals surface area contributed by atoms with Crippen molar-refractivity contribution in [3.63, 3.8) is 0 Å². The van der Waals surface area contributed by atoms with E-state index in [4.69, 9.17) is 16.3 Å². The summed E-state index contributed by atoms with van der Waals surface area (Å²) in [5.41, 5.74) is 1.30. The zero-order valence-electron chi connectivity index (χ0n) is 18.1. The number of morpholine rings is 1. The molecule has 2 aromatic carbocycles. The van der Waals surface area contributed by atoms with Crippen LogP contribution >= 0.6 is 11.6 Å². The Morgan fingerprint density at radius 2 is 1.78 bits per heavy atom. The van der Waals surface area contributed by atoms with E-state index in [9.17, 15) is 13.2 Å². The number of anilines is 1. The molecule has 2 fully saturated rings. The van der Waals surface area contributed by atoms with Crippen LogP contribution in [0.5, 0.6) is 0 Å². The number of para-hydroxylation sites is 1. The van der Waals surface area contributed by atoms with Crippen molar-refractivity contribution in [1.29, 1.82) is 0 Å². The molecule has 0 aliphatic carbocycles. The fourth-order valence-corrected chi connectivity index (χ4v) is 5.77. The highest BCUT2D eigenvalue weighted by Crippen LogP contribution is 2.26. The summed E-state index contributed by atoms with van der Waals surface area (Å²) in [5.74, 6) is -0.261. The zero-order chi connectivity index (χ0) is 22.7. The third-order valence-corrected chi connectivity index (χ3v) is 8.27. The van der Waals surface area contributed by atoms with Crippen LogP contribution in [0.25, 0.3) is 0 Å². The van der Waals surface area contributed by atoms with Gasteiger partial charge in [-0.2, -0.15) is 4.31 Å². The molecule has 0 N–H and O–H groups in total. The molecule has 7 nitrogen and oxygen atoms in total. The maximum absolute atomic E-state index is 13.3. The number of piperazine rings is 1. The molecule has 0 radical (unpaired) electrons. The van der Waals surface area contributed by atoms with Gasteiger partial charge in [-0.15, -0.1) is 0 Å². The summed E-state index contributed by atoms with van der Waals surface area (Å²) < 4.78 is 33.7. The van der Waals surface area contributed by atoms with Crippen molar-refractivity contribution in [3.05, 3.63) is 59.1 Å². The minimum Gasteiger partial charge on any atom is -0.375 e. The molecule has 0 spiro atoms. The zero-order valence-corrected chi connectivity index (χ0v) is 19.7. The lowest BCUT2D eigenvalue weighted by Gasteiger charge is -2.35. The number of nitrogens with zero attached hydrogens (tertiary/aromatic N) is 3. The van der Waals surface area contributed by atoms with Gasteiger partial charge in [-0.25, -0.2) is 8.42 Å². The Labute approximate surface area is 194 Å². The molecular weight excluding hydrogens is 450 g/mol. The highest BCUT2D eigenvalue weighted by Gasteiger charge is 2.31. The highest BCUT2D eigenvalue weighted by molar-refractivity contribution is 7.89. The van der Waals surface area contributed by atoms with E-state index in [1.807, 2.05) is 37.3 Å². The Kier molecular flexibility index (Phi) is 7.05. The molecule has 2 aliphatic heterocycles. The molecule has 2 saturated heterocycles. The number of carbonyl (C=O) groups is 1. The lowest BCUT2D eigenvalue weighted by atomic mass is 10.1. The van der Waals surface area contributed by atoms with E-state index in [-0.39, 0.29) is 27.5 Å². The average Bonchev–Trinajstić information content (AvgIpc) is 2.84. The molecule has 172 valence electrons. The lowest BCUT2D eigenvalue weighted by Crippen LogP contribution is -2.48. The van der Waals surface area contributed by atoms with Gasteiger partial charge >= 0.3 is 0 Å². The summed E-state index contributed by atoms with van der Waals surface area (Å²) in [4.78, 5) is 17.1. The lowest BCUT2D eigenvalue weighted by molar-refractivity contribution is -0.0226. The molecule has 0 unspecified atom stereocenters. The number of halogens is 1. The first-order chi connectivity index (χ1) is 15.4. The van der Waals surface area contributed by atoms with E-state index in [1.54, 1.807) is 4.90 Å². The predicted molar refractivity (Wildman–Crippen MR) is 125 cm³/mol. The summed E-state index contributed by atoms with van der Waals surface area (Å²) in [7, 11) is -3.73. The van der Waals surface area contributed by atoms with Gasteiger partial charge < -0.3 is 14.5 Å². The molecule has 32 heavy (non-hydrogen) atoms.